The third-order valence-electron chi connectivity index (χ3n) is 0.703. The van der Waals surface area contributed by atoms with E-state index in [1.165, 1.54) is 0 Å². The standard InChI is InChI=1S/C4H8FNO2S/c1-9-6(3-5)2-4(7)8/h2-3H2,1H3,(H,7,8). The second-order valence-electron chi connectivity index (χ2n) is 1.34. The molecule has 0 spiro atoms. The number of carboxylic acid groups (broad SMARTS) is 1. The summed E-state index contributed by atoms with van der Waals surface area (Å²) < 4.78 is 12.8. The highest BCUT2D eigenvalue weighted by Crippen LogP contribution is 2.02. The topological polar surface area (TPSA) is 40.5 Å². The van der Waals surface area contributed by atoms with Gasteiger partial charge in [0.25, 0.3) is 0 Å². The van der Waals surface area contributed by atoms with Gasteiger partial charge in [0.1, 0.15) is 6.54 Å². The predicted octanol–water partition coefficient (Wildman–Crippen LogP) is 0.578. The second kappa shape index (κ2) is 4.58. The highest BCUT2D eigenvalue weighted by Gasteiger charge is 2.05. The van der Waals surface area contributed by atoms with Crippen molar-refractivity contribution in [2.75, 3.05) is 19.6 Å². The van der Waals surface area contributed by atoms with Crippen LogP contribution in [0.1, 0.15) is 0 Å². The molecular formula is C4H8FNO2S. The fourth-order valence-corrected chi connectivity index (χ4v) is 0.644. The molecule has 0 unspecified atom stereocenters. The Morgan fingerprint density at radius 2 is 2.44 bits per heavy atom. The molecular weight excluding hydrogens is 145 g/mol. The summed E-state index contributed by atoms with van der Waals surface area (Å²) in [6.07, 6.45) is 1.63. The van der Waals surface area contributed by atoms with Crippen LogP contribution in [0.3, 0.4) is 0 Å². The van der Waals surface area contributed by atoms with Crippen LogP contribution >= 0.6 is 11.9 Å². The van der Waals surface area contributed by atoms with Crippen LogP contribution in [0.4, 0.5) is 4.39 Å². The van der Waals surface area contributed by atoms with Gasteiger partial charge in [0.2, 0.25) is 0 Å². The summed E-state index contributed by atoms with van der Waals surface area (Å²) in [4.78, 5) is 9.91. The molecule has 0 aromatic heterocycles. The van der Waals surface area contributed by atoms with Crippen LogP contribution in [-0.4, -0.2) is 35.0 Å². The molecule has 0 aromatic carbocycles. The Labute approximate surface area is 57.0 Å². The zero-order valence-electron chi connectivity index (χ0n) is 5.00. The van der Waals surface area contributed by atoms with Gasteiger partial charge in [-0.25, -0.2) is 8.70 Å². The van der Waals surface area contributed by atoms with E-state index in [0.29, 0.717) is 0 Å². The van der Waals surface area contributed by atoms with Crippen molar-refractivity contribution in [1.82, 2.24) is 4.31 Å². The fraction of sp³-hybridized carbons (Fsp3) is 0.750. The Balaban J connectivity index is 3.43. The number of halogens is 1. The zero-order chi connectivity index (χ0) is 7.28. The van der Waals surface area contributed by atoms with Crippen LogP contribution in [0.5, 0.6) is 0 Å². The van der Waals surface area contributed by atoms with E-state index < -0.39 is 12.8 Å². The monoisotopic (exact) mass is 153 g/mol. The number of alkyl halides is 1. The summed E-state index contributed by atoms with van der Waals surface area (Å²) in [5.41, 5.74) is 0. The van der Waals surface area contributed by atoms with Crippen LogP contribution in [0.2, 0.25) is 0 Å². The van der Waals surface area contributed by atoms with Gasteiger partial charge < -0.3 is 5.11 Å². The fourth-order valence-electron chi connectivity index (χ4n) is 0.306. The maximum absolute atomic E-state index is 11.7. The van der Waals surface area contributed by atoms with Gasteiger partial charge in [-0.05, 0) is 6.26 Å². The Morgan fingerprint density at radius 3 is 2.56 bits per heavy atom. The molecule has 0 saturated carbocycles. The summed E-state index contributed by atoms with van der Waals surface area (Å²) in [5, 5.41) is 8.12. The van der Waals surface area contributed by atoms with Crippen LogP contribution in [0.15, 0.2) is 0 Å². The summed E-state index contributed by atoms with van der Waals surface area (Å²) in [5.74, 6) is -1.01. The van der Waals surface area contributed by atoms with Gasteiger partial charge >= 0.3 is 5.97 Å². The number of aliphatic carboxylic acids is 1. The third kappa shape index (κ3) is 4.23. The van der Waals surface area contributed by atoms with E-state index in [1.54, 1.807) is 6.26 Å². The number of carbonyl (C=O) groups is 1. The lowest BCUT2D eigenvalue weighted by atomic mass is 10.7. The molecule has 54 valence electrons. The molecule has 5 heteroatoms. The van der Waals surface area contributed by atoms with Gasteiger partial charge in [0.15, 0.2) is 6.80 Å². The van der Waals surface area contributed by atoms with Crippen LogP contribution in [0.25, 0.3) is 0 Å². The smallest absolute Gasteiger partial charge is 0.318 e. The second-order valence-corrected chi connectivity index (χ2v) is 2.22. The minimum atomic E-state index is -1.01. The molecule has 0 saturated heterocycles. The molecule has 0 aliphatic heterocycles. The van der Waals surface area contributed by atoms with E-state index >= 15 is 0 Å². The van der Waals surface area contributed by atoms with Crippen molar-refractivity contribution in [3.8, 4) is 0 Å². The average molecular weight is 153 g/mol. The molecule has 1 N–H and O–H groups in total. The van der Waals surface area contributed by atoms with Crippen molar-refractivity contribution < 1.29 is 14.3 Å². The maximum atomic E-state index is 11.7. The van der Waals surface area contributed by atoms with E-state index in [0.717, 1.165) is 16.3 Å². The van der Waals surface area contributed by atoms with E-state index in [1.807, 2.05) is 0 Å². The Kier molecular flexibility index (Phi) is 4.43. The Bertz CT molecular complexity index is 96.6. The van der Waals surface area contributed by atoms with Crippen molar-refractivity contribution in [1.29, 1.82) is 0 Å². The van der Waals surface area contributed by atoms with Crippen molar-refractivity contribution >= 4 is 17.9 Å². The van der Waals surface area contributed by atoms with Crippen molar-refractivity contribution in [2.45, 2.75) is 0 Å². The van der Waals surface area contributed by atoms with E-state index in [-0.39, 0.29) is 6.54 Å². The molecule has 0 aliphatic rings. The number of carboxylic acids is 1. The molecule has 0 amide bonds. The van der Waals surface area contributed by atoms with Crippen molar-refractivity contribution in [2.24, 2.45) is 0 Å². The summed E-state index contributed by atoms with van der Waals surface area (Å²) in [6.45, 7) is -0.981. The number of rotatable bonds is 4. The molecule has 3 nitrogen and oxygen atoms in total. The first-order valence-corrected chi connectivity index (χ1v) is 3.45. The highest BCUT2D eigenvalue weighted by atomic mass is 32.2. The minimum Gasteiger partial charge on any atom is -0.480 e. The van der Waals surface area contributed by atoms with E-state index in [9.17, 15) is 9.18 Å². The first-order valence-electron chi connectivity index (χ1n) is 2.27. The molecule has 0 fully saturated rings. The largest absolute Gasteiger partial charge is 0.480 e. The average Bonchev–Trinajstić information content (AvgIpc) is 1.82. The van der Waals surface area contributed by atoms with Gasteiger partial charge in [-0.15, -0.1) is 0 Å². The van der Waals surface area contributed by atoms with Crippen LogP contribution in [0, 0.1) is 0 Å². The summed E-state index contributed by atoms with van der Waals surface area (Å²) in [7, 11) is 0. The normalized spacial score (nSPS) is 10.1. The SMILES string of the molecule is CSN(CF)CC(=O)O. The van der Waals surface area contributed by atoms with E-state index in [4.69, 9.17) is 5.11 Å². The number of hydrogen-bond acceptors (Lipinski definition) is 3. The van der Waals surface area contributed by atoms with Gasteiger partial charge in [0.05, 0.1) is 0 Å². The maximum Gasteiger partial charge on any atom is 0.318 e. The summed E-state index contributed by atoms with van der Waals surface area (Å²) in [6, 6.07) is 0. The highest BCUT2D eigenvalue weighted by molar-refractivity contribution is 7.96. The quantitative estimate of drug-likeness (QED) is 0.473. The van der Waals surface area contributed by atoms with Crippen LogP contribution < -0.4 is 0 Å². The first-order chi connectivity index (χ1) is 4.20. The third-order valence-corrected chi connectivity index (χ3v) is 1.45. The molecule has 0 rings (SSSR count). The lowest BCUT2D eigenvalue weighted by Gasteiger charge is -2.09. The zero-order valence-corrected chi connectivity index (χ0v) is 5.82. The van der Waals surface area contributed by atoms with Gasteiger partial charge in [-0.2, -0.15) is 0 Å². The molecule has 0 aromatic rings. The molecule has 0 atom stereocenters. The molecule has 0 radical (unpaired) electrons. The molecule has 9 heavy (non-hydrogen) atoms. The van der Waals surface area contributed by atoms with E-state index in [2.05, 4.69) is 0 Å². The van der Waals surface area contributed by atoms with Crippen molar-refractivity contribution in [3.63, 3.8) is 0 Å². The molecule has 0 heterocycles. The van der Waals surface area contributed by atoms with Gasteiger partial charge in [-0.3, -0.25) is 4.79 Å². The Hall–Kier alpha value is -0.290. The van der Waals surface area contributed by atoms with Gasteiger partial charge in [0, 0.05) is 0 Å². The van der Waals surface area contributed by atoms with Gasteiger partial charge in [-0.1, -0.05) is 11.9 Å². The van der Waals surface area contributed by atoms with Crippen molar-refractivity contribution in [3.05, 3.63) is 0 Å². The molecule has 0 bridgehead atoms. The lowest BCUT2D eigenvalue weighted by molar-refractivity contribution is -0.137. The number of hydrogen-bond donors (Lipinski definition) is 1. The Morgan fingerprint density at radius 1 is 1.89 bits per heavy atom. The molecule has 0 aliphatic carbocycles. The minimum absolute atomic E-state index is 0.252. The predicted molar refractivity (Wildman–Crippen MR) is 33.8 cm³/mol. The summed E-state index contributed by atoms with van der Waals surface area (Å²) >= 11 is 1.08. The van der Waals surface area contributed by atoms with Crippen LogP contribution in [-0.2, 0) is 4.79 Å². The number of nitrogens with zero attached hydrogens (tertiary/aromatic N) is 1. The first kappa shape index (κ1) is 8.71. The lowest BCUT2D eigenvalue weighted by Crippen LogP contribution is -2.21.